The minimum Gasteiger partial charge on any atom is -0.481 e. The molecule has 2 aliphatic rings. The van der Waals surface area contributed by atoms with Gasteiger partial charge in [0.25, 0.3) is 0 Å². The molecular weight excluding hydrogens is 412 g/mol. The summed E-state index contributed by atoms with van der Waals surface area (Å²) >= 11 is 3.64. The van der Waals surface area contributed by atoms with E-state index in [1.807, 2.05) is 11.8 Å². The van der Waals surface area contributed by atoms with Crippen molar-refractivity contribution in [2.45, 2.75) is 85.2 Å². The zero-order chi connectivity index (χ0) is 21.7. The number of carbonyl (C=O) groups is 1. The van der Waals surface area contributed by atoms with Crippen molar-refractivity contribution in [3.8, 4) is 0 Å². The van der Waals surface area contributed by atoms with Crippen LogP contribution in [0.4, 0.5) is 0 Å². The highest BCUT2D eigenvalue weighted by atomic mass is 32.2. The van der Waals surface area contributed by atoms with Gasteiger partial charge in [-0.05, 0) is 74.8 Å². The molecule has 0 spiro atoms. The van der Waals surface area contributed by atoms with Gasteiger partial charge < -0.3 is 10.0 Å². The molecule has 1 aliphatic heterocycles. The third kappa shape index (κ3) is 6.03. The Balaban J connectivity index is 1.70. The number of aliphatic imine (C=N–C) groups is 1. The number of hydrogen-bond donors (Lipinski definition) is 1. The number of thioether (sulfide) groups is 1. The largest absolute Gasteiger partial charge is 0.481 e. The Labute approximate surface area is 190 Å². The SMILES string of the molecule is CCC1(C2CSC(N(CCC(=O)O)Cc3ccc(C)s3)=N2)CCC(CC(C)C)CC1. The molecule has 1 unspecified atom stereocenters. The monoisotopic (exact) mass is 450 g/mol. The van der Waals surface area contributed by atoms with Gasteiger partial charge in [-0.2, -0.15) is 0 Å². The second-order valence-corrected chi connectivity index (χ2v) is 12.0. The van der Waals surface area contributed by atoms with Gasteiger partial charge in [-0.25, -0.2) is 0 Å². The maximum Gasteiger partial charge on any atom is 0.305 e. The lowest BCUT2D eigenvalue weighted by Gasteiger charge is -2.43. The predicted molar refractivity (Wildman–Crippen MR) is 130 cm³/mol. The lowest BCUT2D eigenvalue weighted by Crippen LogP contribution is -2.38. The minimum absolute atomic E-state index is 0.157. The summed E-state index contributed by atoms with van der Waals surface area (Å²) in [7, 11) is 0. The van der Waals surface area contributed by atoms with Crippen molar-refractivity contribution in [1.29, 1.82) is 0 Å². The summed E-state index contributed by atoms with van der Waals surface area (Å²) in [4.78, 5) is 21.2. The standard InChI is InChI=1S/C24H38N2O2S2/c1-5-24(11-8-19(9-12-24)14-17(2)3)21-16-29-23(25-21)26(13-10-22(27)28)15-20-7-6-18(4)30-20/h6-7,17,19,21H,5,8-16H2,1-4H3,(H,27,28). The molecule has 30 heavy (non-hydrogen) atoms. The van der Waals surface area contributed by atoms with E-state index in [2.05, 4.69) is 44.7 Å². The van der Waals surface area contributed by atoms with Crippen LogP contribution in [0, 0.1) is 24.2 Å². The fourth-order valence-electron chi connectivity index (χ4n) is 5.16. The van der Waals surface area contributed by atoms with Gasteiger partial charge >= 0.3 is 5.97 Å². The van der Waals surface area contributed by atoms with E-state index in [9.17, 15) is 9.90 Å². The van der Waals surface area contributed by atoms with Crippen LogP contribution in [0.5, 0.6) is 0 Å². The summed E-state index contributed by atoms with van der Waals surface area (Å²) in [5.74, 6) is 1.98. The Morgan fingerprint density at radius 2 is 2.07 bits per heavy atom. The van der Waals surface area contributed by atoms with E-state index >= 15 is 0 Å². The molecule has 4 nitrogen and oxygen atoms in total. The zero-order valence-electron chi connectivity index (χ0n) is 19.0. The van der Waals surface area contributed by atoms with E-state index in [0.717, 1.165) is 29.3 Å². The number of aliphatic carboxylic acids is 1. The van der Waals surface area contributed by atoms with Gasteiger partial charge in [-0.15, -0.1) is 11.3 Å². The first-order valence-corrected chi connectivity index (χ1v) is 13.3. The molecule has 0 radical (unpaired) electrons. The van der Waals surface area contributed by atoms with Gasteiger partial charge in [-0.1, -0.05) is 32.5 Å². The van der Waals surface area contributed by atoms with Gasteiger partial charge in [0, 0.05) is 22.1 Å². The van der Waals surface area contributed by atoms with Crippen LogP contribution in [-0.2, 0) is 11.3 Å². The number of thiophene rings is 1. The number of rotatable bonds is 9. The van der Waals surface area contributed by atoms with Crippen molar-refractivity contribution in [3.05, 3.63) is 21.9 Å². The molecule has 2 heterocycles. The van der Waals surface area contributed by atoms with Crippen LogP contribution >= 0.6 is 23.1 Å². The van der Waals surface area contributed by atoms with E-state index in [1.165, 1.54) is 48.3 Å². The Kier molecular flexibility index (Phi) is 8.31. The van der Waals surface area contributed by atoms with E-state index in [0.29, 0.717) is 18.0 Å². The van der Waals surface area contributed by atoms with Crippen molar-refractivity contribution >= 4 is 34.2 Å². The van der Waals surface area contributed by atoms with Gasteiger partial charge in [-0.3, -0.25) is 9.79 Å². The third-order valence-electron chi connectivity index (χ3n) is 6.96. The second kappa shape index (κ2) is 10.5. The van der Waals surface area contributed by atoms with Crippen LogP contribution in [0.15, 0.2) is 17.1 Å². The number of nitrogens with zero attached hydrogens (tertiary/aromatic N) is 2. The molecule has 1 saturated carbocycles. The van der Waals surface area contributed by atoms with Gasteiger partial charge in [0.05, 0.1) is 19.0 Å². The normalized spacial score (nSPS) is 26.8. The average Bonchev–Trinajstić information content (AvgIpc) is 3.35. The number of carboxylic acid groups (broad SMARTS) is 1. The Morgan fingerprint density at radius 1 is 1.33 bits per heavy atom. The summed E-state index contributed by atoms with van der Waals surface area (Å²) in [6.07, 6.45) is 7.98. The molecule has 6 heteroatoms. The number of carboxylic acids is 1. The van der Waals surface area contributed by atoms with Crippen molar-refractivity contribution in [2.75, 3.05) is 12.3 Å². The van der Waals surface area contributed by atoms with Crippen LogP contribution < -0.4 is 0 Å². The van der Waals surface area contributed by atoms with Crippen molar-refractivity contribution in [1.82, 2.24) is 4.90 Å². The second-order valence-electron chi connectivity index (χ2n) is 9.60. The maximum absolute atomic E-state index is 11.2. The number of amidine groups is 1. The highest BCUT2D eigenvalue weighted by Gasteiger charge is 2.43. The molecular formula is C24H38N2O2S2. The molecule has 0 aromatic carbocycles. The number of aryl methyl sites for hydroxylation is 1. The fraction of sp³-hybridized carbons (Fsp3) is 0.750. The van der Waals surface area contributed by atoms with Crippen LogP contribution in [0.2, 0.25) is 0 Å². The first-order chi connectivity index (χ1) is 14.3. The first kappa shape index (κ1) is 23.6. The van der Waals surface area contributed by atoms with Gasteiger partial charge in [0.2, 0.25) is 0 Å². The third-order valence-corrected chi connectivity index (χ3v) is 9.05. The molecule has 1 atom stereocenters. The fourth-order valence-corrected chi connectivity index (χ4v) is 7.34. The van der Waals surface area contributed by atoms with Gasteiger partial charge in [0.1, 0.15) is 0 Å². The molecule has 1 aromatic rings. The van der Waals surface area contributed by atoms with Crippen LogP contribution in [0.25, 0.3) is 0 Å². The quantitative estimate of drug-likeness (QED) is 0.470. The van der Waals surface area contributed by atoms with E-state index in [1.54, 1.807) is 11.3 Å². The topological polar surface area (TPSA) is 52.9 Å². The van der Waals surface area contributed by atoms with Crippen molar-refractivity contribution in [2.24, 2.45) is 22.2 Å². The van der Waals surface area contributed by atoms with E-state index in [4.69, 9.17) is 4.99 Å². The summed E-state index contributed by atoms with van der Waals surface area (Å²) in [5, 5.41) is 10.3. The van der Waals surface area contributed by atoms with E-state index < -0.39 is 5.97 Å². The summed E-state index contributed by atoms with van der Waals surface area (Å²) < 4.78 is 0. The lowest BCUT2D eigenvalue weighted by atomic mass is 9.64. The zero-order valence-corrected chi connectivity index (χ0v) is 20.7. The van der Waals surface area contributed by atoms with Crippen LogP contribution in [0.1, 0.15) is 75.5 Å². The Morgan fingerprint density at radius 3 is 2.63 bits per heavy atom. The Hall–Kier alpha value is -1.01. The number of hydrogen-bond acceptors (Lipinski definition) is 5. The molecule has 1 fully saturated rings. The van der Waals surface area contributed by atoms with Gasteiger partial charge in [0.15, 0.2) is 5.17 Å². The summed E-state index contributed by atoms with van der Waals surface area (Å²) in [6.45, 7) is 10.4. The predicted octanol–water partition coefficient (Wildman–Crippen LogP) is 6.44. The Bertz CT molecular complexity index is 735. The summed E-state index contributed by atoms with van der Waals surface area (Å²) in [5.41, 5.74) is 0.334. The molecule has 0 bridgehead atoms. The first-order valence-electron chi connectivity index (χ1n) is 11.5. The highest BCUT2D eigenvalue weighted by Crippen LogP contribution is 2.49. The molecule has 1 aliphatic carbocycles. The average molecular weight is 451 g/mol. The smallest absolute Gasteiger partial charge is 0.305 e. The van der Waals surface area contributed by atoms with Crippen LogP contribution in [0.3, 0.4) is 0 Å². The summed E-state index contributed by atoms with van der Waals surface area (Å²) in [6, 6.07) is 4.68. The van der Waals surface area contributed by atoms with Crippen LogP contribution in [-0.4, -0.2) is 39.5 Å². The molecule has 168 valence electrons. The molecule has 3 rings (SSSR count). The molecule has 0 saturated heterocycles. The maximum atomic E-state index is 11.2. The molecule has 1 N–H and O–H groups in total. The highest BCUT2D eigenvalue weighted by molar-refractivity contribution is 8.14. The minimum atomic E-state index is -0.740. The molecule has 0 amide bonds. The van der Waals surface area contributed by atoms with Crippen molar-refractivity contribution in [3.63, 3.8) is 0 Å². The van der Waals surface area contributed by atoms with Crippen molar-refractivity contribution < 1.29 is 9.90 Å². The lowest BCUT2D eigenvalue weighted by molar-refractivity contribution is -0.137. The molecule has 1 aromatic heterocycles. The van der Waals surface area contributed by atoms with E-state index in [-0.39, 0.29) is 6.42 Å².